The summed E-state index contributed by atoms with van der Waals surface area (Å²) in [4.78, 5) is 9.09. The van der Waals surface area contributed by atoms with Gasteiger partial charge in [-0.15, -0.1) is 24.0 Å². The van der Waals surface area contributed by atoms with E-state index in [1.54, 1.807) is 13.1 Å². The predicted octanol–water partition coefficient (Wildman–Crippen LogP) is 4.33. The fraction of sp³-hybridized carbons (Fsp3) is 0.250. The molecule has 1 aromatic heterocycles. The Morgan fingerprint density at radius 2 is 1.77 bits per heavy atom. The van der Waals surface area contributed by atoms with Gasteiger partial charge in [0.1, 0.15) is 5.60 Å². The van der Waals surface area contributed by atoms with Crippen molar-refractivity contribution >= 4 is 29.9 Å². The van der Waals surface area contributed by atoms with Crippen molar-refractivity contribution in [1.29, 1.82) is 0 Å². The van der Waals surface area contributed by atoms with Gasteiger partial charge in [0.25, 0.3) is 0 Å². The molecule has 0 aliphatic heterocycles. The summed E-state index contributed by atoms with van der Waals surface area (Å²) >= 11 is 0. The molecular weight excluding hydrogens is 487 g/mol. The largest absolute Gasteiger partial charge is 0.384 e. The van der Waals surface area contributed by atoms with E-state index in [0.717, 1.165) is 28.9 Å². The second-order valence-electron chi connectivity index (χ2n) is 7.10. The number of aliphatic imine (C=N–C) groups is 1. The molecule has 2 aromatic carbocycles. The lowest BCUT2D eigenvalue weighted by molar-refractivity contribution is 0.0617. The molecule has 0 aliphatic carbocycles. The Morgan fingerprint density at radius 1 is 1.00 bits per heavy atom. The van der Waals surface area contributed by atoms with Crippen molar-refractivity contribution in [3.8, 4) is 11.3 Å². The number of benzene rings is 2. The molecule has 6 heteroatoms. The third kappa shape index (κ3) is 6.81. The highest BCUT2D eigenvalue weighted by Gasteiger charge is 2.22. The van der Waals surface area contributed by atoms with E-state index < -0.39 is 5.60 Å². The molecule has 3 N–H and O–H groups in total. The topological polar surface area (TPSA) is 69.5 Å². The normalized spacial score (nSPS) is 13.1. The van der Waals surface area contributed by atoms with Crippen LogP contribution in [0.15, 0.2) is 84.0 Å². The molecule has 5 nitrogen and oxygen atoms in total. The summed E-state index contributed by atoms with van der Waals surface area (Å²) in [5.74, 6) is 0.673. The van der Waals surface area contributed by atoms with Crippen molar-refractivity contribution in [3.05, 3.63) is 90.1 Å². The number of nitrogens with one attached hydrogen (secondary N) is 2. The van der Waals surface area contributed by atoms with Crippen molar-refractivity contribution in [1.82, 2.24) is 15.6 Å². The van der Waals surface area contributed by atoms with E-state index in [-0.39, 0.29) is 24.0 Å². The highest BCUT2D eigenvalue weighted by Crippen LogP contribution is 2.19. The maximum Gasteiger partial charge on any atom is 0.191 e. The van der Waals surface area contributed by atoms with Crippen molar-refractivity contribution in [2.45, 2.75) is 26.0 Å². The molecule has 3 rings (SSSR count). The lowest BCUT2D eigenvalue weighted by Gasteiger charge is -2.25. The highest BCUT2D eigenvalue weighted by molar-refractivity contribution is 14.0. The maximum absolute atomic E-state index is 10.8. The van der Waals surface area contributed by atoms with Gasteiger partial charge in [-0.2, -0.15) is 0 Å². The number of aliphatic hydroxyl groups is 1. The number of rotatable bonds is 7. The summed E-state index contributed by atoms with van der Waals surface area (Å²) in [5, 5.41) is 17.3. The molecule has 3 aromatic rings. The lowest BCUT2D eigenvalue weighted by atomic mass is 9.96. The third-order valence-corrected chi connectivity index (χ3v) is 4.65. The Balaban J connectivity index is 0.00000320. The average Bonchev–Trinajstić information content (AvgIpc) is 2.77. The van der Waals surface area contributed by atoms with E-state index in [0.29, 0.717) is 19.0 Å². The third-order valence-electron chi connectivity index (χ3n) is 4.65. The van der Waals surface area contributed by atoms with E-state index in [4.69, 9.17) is 0 Å². The van der Waals surface area contributed by atoms with E-state index in [9.17, 15) is 5.11 Å². The molecule has 1 heterocycles. The van der Waals surface area contributed by atoms with Gasteiger partial charge in [-0.1, -0.05) is 54.6 Å². The van der Waals surface area contributed by atoms with Crippen LogP contribution in [0.2, 0.25) is 0 Å². The second-order valence-corrected chi connectivity index (χ2v) is 7.10. The maximum atomic E-state index is 10.8. The minimum atomic E-state index is -0.990. The van der Waals surface area contributed by atoms with Crippen LogP contribution in [0.1, 0.15) is 25.0 Å². The van der Waals surface area contributed by atoms with E-state index in [2.05, 4.69) is 38.8 Å². The van der Waals surface area contributed by atoms with Crippen LogP contribution in [-0.4, -0.2) is 29.1 Å². The molecule has 0 aliphatic rings. The molecule has 0 fully saturated rings. The Hall–Kier alpha value is -2.45. The number of nitrogens with zero attached hydrogens (tertiary/aromatic N) is 2. The van der Waals surface area contributed by atoms with Crippen LogP contribution in [0, 0.1) is 0 Å². The zero-order chi connectivity index (χ0) is 20.5. The average molecular weight is 516 g/mol. The van der Waals surface area contributed by atoms with Crippen LogP contribution < -0.4 is 10.6 Å². The first-order chi connectivity index (χ1) is 14.1. The summed E-state index contributed by atoms with van der Waals surface area (Å²) in [6, 6.07) is 23.8. The Kier molecular flexibility index (Phi) is 9.26. The zero-order valence-electron chi connectivity index (χ0n) is 17.4. The number of guanidine groups is 1. The quantitative estimate of drug-likeness (QED) is 0.249. The number of hydrogen-bond donors (Lipinski definition) is 3. The summed E-state index contributed by atoms with van der Waals surface area (Å²) in [6.07, 6.45) is 1.80. The molecule has 30 heavy (non-hydrogen) atoms. The van der Waals surface area contributed by atoms with E-state index >= 15 is 0 Å². The smallest absolute Gasteiger partial charge is 0.191 e. The number of aromatic nitrogens is 1. The first kappa shape index (κ1) is 23.8. The molecule has 1 atom stereocenters. The zero-order valence-corrected chi connectivity index (χ0v) is 19.7. The predicted molar refractivity (Wildman–Crippen MR) is 134 cm³/mol. The number of pyridine rings is 1. The van der Waals surface area contributed by atoms with Crippen molar-refractivity contribution in [3.63, 3.8) is 0 Å². The van der Waals surface area contributed by atoms with Gasteiger partial charge in [-0.3, -0.25) is 4.98 Å². The Labute approximate surface area is 195 Å². The van der Waals surface area contributed by atoms with Crippen LogP contribution >= 0.6 is 24.0 Å². The molecular formula is C24H29IN4O. The highest BCUT2D eigenvalue weighted by atomic mass is 127. The monoisotopic (exact) mass is 516 g/mol. The minimum Gasteiger partial charge on any atom is -0.384 e. The Morgan fingerprint density at radius 3 is 2.47 bits per heavy atom. The van der Waals surface area contributed by atoms with Gasteiger partial charge >= 0.3 is 0 Å². The minimum absolute atomic E-state index is 0. The standard InChI is InChI=1S/C24H28N4O.HI/c1-3-25-23(28-18-24(2,29)21-12-5-4-6-13-21)27-17-19-10-9-11-20(16-19)22-14-7-8-15-26-22;/h4-16,29H,3,17-18H2,1-2H3,(H2,25,27,28);1H. The molecule has 0 spiro atoms. The van der Waals surface area contributed by atoms with Gasteiger partial charge in [0, 0.05) is 18.3 Å². The van der Waals surface area contributed by atoms with Gasteiger partial charge in [-0.25, -0.2) is 4.99 Å². The molecule has 158 valence electrons. The number of hydrogen-bond acceptors (Lipinski definition) is 3. The summed E-state index contributed by atoms with van der Waals surface area (Å²) in [5.41, 5.74) is 2.99. The molecule has 0 saturated carbocycles. The lowest BCUT2D eigenvalue weighted by Crippen LogP contribution is -2.44. The summed E-state index contributed by atoms with van der Waals surface area (Å²) in [7, 11) is 0. The molecule has 0 amide bonds. The Bertz CT molecular complexity index is 930. The first-order valence-electron chi connectivity index (χ1n) is 9.89. The molecule has 0 bridgehead atoms. The number of halogens is 1. The molecule has 0 radical (unpaired) electrons. The van der Waals surface area contributed by atoms with Crippen LogP contribution in [0.5, 0.6) is 0 Å². The van der Waals surface area contributed by atoms with Gasteiger partial charge < -0.3 is 15.7 Å². The van der Waals surface area contributed by atoms with Gasteiger partial charge in [-0.05, 0) is 43.2 Å². The van der Waals surface area contributed by atoms with Gasteiger partial charge in [0.2, 0.25) is 0 Å². The molecule has 1 unspecified atom stereocenters. The van der Waals surface area contributed by atoms with Gasteiger partial charge in [0.15, 0.2) is 5.96 Å². The van der Waals surface area contributed by atoms with Gasteiger partial charge in [0.05, 0.1) is 18.8 Å². The van der Waals surface area contributed by atoms with Crippen LogP contribution in [0.25, 0.3) is 11.3 Å². The molecule has 0 saturated heterocycles. The summed E-state index contributed by atoms with van der Waals surface area (Å²) < 4.78 is 0. The van der Waals surface area contributed by atoms with Crippen molar-refractivity contribution in [2.24, 2.45) is 4.99 Å². The fourth-order valence-corrected chi connectivity index (χ4v) is 3.03. The van der Waals surface area contributed by atoms with E-state index in [1.807, 2.05) is 61.5 Å². The fourth-order valence-electron chi connectivity index (χ4n) is 3.03. The van der Waals surface area contributed by atoms with Crippen molar-refractivity contribution < 1.29 is 5.11 Å². The van der Waals surface area contributed by atoms with Crippen LogP contribution in [0.3, 0.4) is 0 Å². The van der Waals surface area contributed by atoms with Crippen LogP contribution in [-0.2, 0) is 12.1 Å². The van der Waals surface area contributed by atoms with Crippen molar-refractivity contribution in [2.75, 3.05) is 13.1 Å². The van der Waals surface area contributed by atoms with E-state index in [1.165, 1.54) is 0 Å². The second kappa shape index (κ2) is 11.7. The summed E-state index contributed by atoms with van der Waals surface area (Å²) in [6.45, 7) is 5.46. The SMILES string of the molecule is CCNC(=NCc1cccc(-c2ccccn2)c1)NCC(C)(O)c1ccccc1.I. The first-order valence-corrected chi connectivity index (χ1v) is 9.89. The van der Waals surface area contributed by atoms with Crippen LogP contribution in [0.4, 0.5) is 0 Å².